The molecule has 0 heterocycles. The van der Waals surface area contributed by atoms with Gasteiger partial charge in [-0.2, -0.15) is 4.72 Å². The first-order valence-electron chi connectivity index (χ1n) is 8.75. The van der Waals surface area contributed by atoms with Gasteiger partial charge in [0.2, 0.25) is 10.0 Å². The molecule has 0 aliphatic heterocycles. The number of sulfonamides is 1. The van der Waals surface area contributed by atoms with Gasteiger partial charge in [-0.3, -0.25) is 4.79 Å². The molecule has 2 bridgehead atoms. The second-order valence-electron chi connectivity index (χ2n) is 7.15. The van der Waals surface area contributed by atoms with Crippen molar-refractivity contribution in [2.45, 2.75) is 43.5 Å². The van der Waals surface area contributed by atoms with Crippen molar-refractivity contribution in [1.82, 2.24) is 10.0 Å². The van der Waals surface area contributed by atoms with Gasteiger partial charge >= 0.3 is 0 Å². The number of nitrogens with one attached hydrogen (secondary N) is 2. The first-order chi connectivity index (χ1) is 11.9. The van der Waals surface area contributed by atoms with E-state index in [-0.39, 0.29) is 23.4 Å². The third kappa shape index (κ3) is 3.88. The van der Waals surface area contributed by atoms with Gasteiger partial charge in [-0.15, -0.1) is 6.42 Å². The molecule has 6 heteroatoms. The predicted molar refractivity (Wildman–Crippen MR) is 96.3 cm³/mol. The molecule has 3 rings (SSSR count). The van der Waals surface area contributed by atoms with Crippen LogP contribution < -0.4 is 10.0 Å². The normalized spacial score (nSPS) is 26.2. The lowest BCUT2D eigenvalue weighted by Crippen LogP contribution is -2.40. The molecular formula is C19H24N2O3S. The Morgan fingerprint density at radius 3 is 2.56 bits per heavy atom. The van der Waals surface area contributed by atoms with Crippen LogP contribution >= 0.6 is 0 Å². The fraction of sp³-hybridized carbons (Fsp3) is 0.526. The average molecular weight is 360 g/mol. The Kier molecular flexibility index (Phi) is 5.16. The molecule has 0 spiro atoms. The molecule has 0 saturated heterocycles. The summed E-state index contributed by atoms with van der Waals surface area (Å²) in [6.07, 6.45) is 10.2. The van der Waals surface area contributed by atoms with Gasteiger partial charge in [-0.05, 0) is 68.2 Å². The Bertz CT molecular complexity index is 780. The predicted octanol–water partition coefficient (Wildman–Crippen LogP) is 2.15. The standard InChI is InChI=1S/C19H24N2O3S/c1-3-10-20-25(23,24)17-8-6-15(7-9-17)19(22)21-13(2)18-12-14-4-5-16(18)11-14/h1,6-9,13-14,16,18,20H,4-5,10-12H2,2H3,(H,21,22). The molecule has 0 radical (unpaired) electrons. The zero-order valence-corrected chi connectivity index (χ0v) is 15.2. The van der Waals surface area contributed by atoms with Gasteiger partial charge in [0.15, 0.2) is 0 Å². The third-order valence-corrected chi connectivity index (χ3v) is 7.00. The van der Waals surface area contributed by atoms with E-state index in [4.69, 9.17) is 6.42 Å². The second-order valence-corrected chi connectivity index (χ2v) is 8.92. The van der Waals surface area contributed by atoms with Crippen LogP contribution in [-0.2, 0) is 10.0 Å². The van der Waals surface area contributed by atoms with Gasteiger partial charge < -0.3 is 5.32 Å². The van der Waals surface area contributed by atoms with Crippen LogP contribution in [0, 0.1) is 30.1 Å². The van der Waals surface area contributed by atoms with Crippen molar-refractivity contribution in [2.24, 2.45) is 17.8 Å². The molecule has 4 unspecified atom stereocenters. The first-order valence-corrected chi connectivity index (χ1v) is 10.2. The zero-order valence-electron chi connectivity index (χ0n) is 14.4. The topological polar surface area (TPSA) is 75.3 Å². The number of carbonyl (C=O) groups is 1. The van der Waals surface area contributed by atoms with Crippen molar-refractivity contribution in [1.29, 1.82) is 0 Å². The molecule has 134 valence electrons. The third-order valence-electron chi connectivity index (χ3n) is 5.58. The molecule has 2 N–H and O–H groups in total. The van der Waals surface area contributed by atoms with E-state index in [0.29, 0.717) is 11.5 Å². The van der Waals surface area contributed by atoms with Crippen LogP contribution in [0.15, 0.2) is 29.2 Å². The van der Waals surface area contributed by atoms with Gasteiger partial charge in [-0.25, -0.2) is 8.42 Å². The maximum Gasteiger partial charge on any atom is 0.251 e. The number of terminal acetylenes is 1. The molecule has 5 nitrogen and oxygen atoms in total. The molecular weight excluding hydrogens is 336 g/mol. The van der Waals surface area contributed by atoms with Crippen LogP contribution in [0.25, 0.3) is 0 Å². The summed E-state index contributed by atoms with van der Waals surface area (Å²) in [6, 6.07) is 6.07. The SMILES string of the molecule is C#CCNS(=O)(=O)c1ccc(C(=O)NC(C)C2CC3CCC2C3)cc1. The van der Waals surface area contributed by atoms with Crippen molar-refractivity contribution in [3.05, 3.63) is 29.8 Å². The van der Waals surface area contributed by atoms with Gasteiger partial charge in [-0.1, -0.05) is 12.3 Å². The van der Waals surface area contributed by atoms with Crippen LogP contribution in [0.4, 0.5) is 0 Å². The van der Waals surface area contributed by atoms with E-state index in [2.05, 4.69) is 22.9 Å². The monoisotopic (exact) mass is 360 g/mol. The van der Waals surface area contributed by atoms with E-state index in [9.17, 15) is 13.2 Å². The van der Waals surface area contributed by atoms with Crippen LogP contribution in [0.2, 0.25) is 0 Å². The first kappa shape index (κ1) is 18.0. The van der Waals surface area contributed by atoms with Crippen LogP contribution in [0.5, 0.6) is 0 Å². The van der Waals surface area contributed by atoms with E-state index in [1.807, 2.05) is 0 Å². The number of carbonyl (C=O) groups excluding carboxylic acids is 1. The van der Waals surface area contributed by atoms with E-state index in [1.54, 1.807) is 0 Å². The number of benzene rings is 1. The minimum atomic E-state index is -3.63. The van der Waals surface area contributed by atoms with Crippen LogP contribution in [-0.4, -0.2) is 26.9 Å². The maximum absolute atomic E-state index is 12.4. The summed E-state index contributed by atoms with van der Waals surface area (Å²) >= 11 is 0. The lowest BCUT2D eigenvalue weighted by Gasteiger charge is -2.28. The molecule has 2 saturated carbocycles. The molecule has 0 aromatic heterocycles. The molecule has 1 aromatic rings. The highest BCUT2D eigenvalue weighted by Gasteiger charge is 2.42. The molecule has 1 aromatic carbocycles. The Hall–Kier alpha value is -1.84. The number of amides is 1. The summed E-state index contributed by atoms with van der Waals surface area (Å²) in [5.74, 6) is 4.22. The quantitative estimate of drug-likeness (QED) is 0.764. The molecule has 2 aliphatic carbocycles. The number of hydrogen-bond acceptors (Lipinski definition) is 3. The molecule has 1 amide bonds. The highest BCUT2D eigenvalue weighted by molar-refractivity contribution is 7.89. The molecule has 4 atom stereocenters. The Labute approximate surface area is 149 Å². The highest BCUT2D eigenvalue weighted by Crippen LogP contribution is 2.49. The Morgan fingerprint density at radius 1 is 1.28 bits per heavy atom. The fourth-order valence-corrected chi connectivity index (χ4v) is 5.24. The van der Waals surface area contributed by atoms with Gasteiger partial charge in [0.1, 0.15) is 0 Å². The van der Waals surface area contributed by atoms with E-state index in [0.717, 1.165) is 11.8 Å². The number of rotatable bonds is 6. The van der Waals surface area contributed by atoms with E-state index >= 15 is 0 Å². The zero-order chi connectivity index (χ0) is 18.0. The summed E-state index contributed by atoms with van der Waals surface area (Å²) in [7, 11) is -3.63. The largest absolute Gasteiger partial charge is 0.349 e. The van der Waals surface area contributed by atoms with Gasteiger partial charge in [0.05, 0.1) is 11.4 Å². The lowest BCUT2D eigenvalue weighted by atomic mass is 9.84. The summed E-state index contributed by atoms with van der Waals surface area (Å²) in [5.41, 5.74) is 0.464. The fourth-order valence-electron chi connectivity index (χ4n) is 4.31. The van der Waals surface area contributed by atoms with Gasteiger partial charge in [0.25, 0.3) is 5.91 Å². The Balaban J connectivity index is 1.62. The van der Waals surface area contributed by atoms with Crippen LogP contribution in [0.3, 0.4) is 0 Å². The minimum Gasteiger partial charge on any atom is -0.349 e. The van der Waals surface area contributed by atoms with Crippen molar-refractivity contribution < 1.29 is 13.2 Å². The molecule has 2 aliphatic rings. The maximum atomic E-state index is 12.4. The van der Waals surface area contributed by atoms with Crippen molar-refractivity contribution in [3.63, 3.8) is 0 Å². The summed E-state index contributed by atoms with van der Waals surface area (Å²) in [6.45, 7) is 2.01. The second kappa shape index (κ2) is 7.19. The van der Waals surface area contributed by atoms with Gasteiger partial charge in [0, 0.05) is 11.6 Å². The van der Waals surface area contributed by atoms with Crippen molar-refractivity contribution >= 4 is 15.9 Å². The van der Waals surface area contributed by atoms with Crippen molar-refractivity contribution in [2.75, 3.05) is 6.54 Å². The lowest BCUT2D eigenvalue weighted by molar-refractivity contribution is 0.0915. The summed E-state index contributed by atoms with van der Waals surface area (Å²) in [5, 5.41) is 3.08. The van der Waals surface area contributed by atoms with E-state index in [1.165, 1.54) is 49.9 Å². The summed E-state index contributed by atoms with van der Waals surface area (Å²) < 4.78 is 26.3. The number of fused-ring (bicyclic) bond motifs is 2. The van der Waals surface area contributed by atoms with Crippen LogP contribution in [0.1, 0.15) is 43.0 Å². The molecule has 25 heavy (non-hydrogen) atoms. The summed E-state index contributed by atoms with van der Waals surface area (Å²) in [4.78, 5) is 12.5. The van der Waals surface area contributed by atoms with E-state index < -0.39 is 10.0 Å². The molecule has 2 fully saturated rings. The highest BCUT2D eigenvalue weighted by atomic mass is 32.2. The minimum absolute atomic E-state index is 0.0639. The van der Waals surface area contributed by atoms with Crippen molar-refractivity contribution in [3.8, 4) is 12.3 Å². The Morgan fingerprint density at radius 2 is 2.00 bits per heavy atom. The smallest absolute Gasteiger partial charge is 0.251 e. The number of hydrogen-bond donors (Lipinski definition) is 2. The average Bonchev–Trinajstić information content (AvgIpc) is 3.23.